The maximum Gasteiger partial charge on any atom is 0.144 e. The number of benzene rings is 2. The van der Waals surface area contributed by atoms with E-state index in [4.69, 9.17) is 10.5 Å². The Hall–Kier alpha value is -2.82. The van der Waals surface area contributed by atoms with E-state index >= 15 is 0 Å². The number of nitrogen functional groups attached to an aromatic ring is 1. The van der Waals surface area contributed by atoms with Crippen molar-refractivity contribution < 1.29 is 4.74 Å². The van der Waals surface area contributed by atoms with Gasteiger partial charge in [-0.25, -0.2) is 4.68 Å². The summed E-state index contributed by atoms with van der Waals surface area (Å²) in [6.07, 6.45) is 4.12. The molecule has 5 nitrogen and oxygen atoms in total. The Morgan fingerprint density at radius 1 is 1.13 bits per heavy atom. The highest BCUT2D eigenvalue weighted by Crippen LogP contribution is 2.26. The fourth-order valence-corrected chi connectivity index (χ4v) is 2.53. The van der Waals surface area contributed by atoms with Crippen LogP contribution in [0.25, 0.3) is 16.9 Å². The second-order valence-electron chi connectivity index (χ2n) is 5.43. The number of nitrogens with two attached hydrogens (primary N) is 1. The van der Waals surface area contributed by atoms with Gasteiger partial charge in [0.15, 0.2) is 0 Å². The van der Waals surface area contributed by atoms with Crippen LogP contribution in [0.3, 0.4) is 0 Å². The zero-order valence-electron chi connectivity index (χ0n) is 13.4. The van der Waals surface area contributed by atoms with Gasteiger partial charge in [-0.15, -0.1) is 5.10 Å². The molecule has 23 heavy (non-hydrogen) atoms. The Morgan fingerprint density at radius 3 is 2.61 bits per heavy atom. The van der Waals surface area contributed by atoms with E-state index in [1.807, 2.05) is 18.3 Å². The molecule has 1 heterocycles. The van der Waals surface area contributed by atoms with Crippen molar-refractivity contribution in [3.8, 4) is 22.7 Å². The molecule has 1 aromatic heterocycles. The van der Waals surface area contributed by atoms with Crippen molar-refractivity contribution in [1.29, 1.82) is 0 Å². The Bertz CT molecular complexity index is 793. The number of rotatable bonds is 5. The second-order valence-corrected chi connectivity index (χ2v) is 5.43. The first-order valence-corrected chi connectivity index (χ1v) is 7.67. The van der Waals surface area contributed by atoms with Gasteiger partial charge in [0.05, 0.1) is 13.3 Å². The highest BCUT2D eigenvalue weighted by molar-refractivity contribution is 5.61. The molecular weight excluding hydrogens is 288 g/mol. The van der Waals surface area contributed by atoms with Crippen LogP contribution in [0.1, 0.15) is 18.9 Å². The second kappa shape index (κ2) is 6.52. The third-order valence-electron chi connectivity index (χ3n) is 3.73. The molecule has 0 fully saturated rings. The minimum absolute atomic E-state index is 0.654. The van der Waals surface area contributed by atoms with Crippen LogP contribution >= 0.6 is 0 Å². The molecule has 0 aliphatic heterocycles. The maximum atomic E-state index is 5.87. The molecule has 0 aliphatic carbocycles. The molecule has 0 saturated heterocycles. The maximum absolute atomic E-state index is 5.87. The third-order valence-corrected chi connectivity index (χ3v) is 3.73. The predicted octanol–water partition coefficient (Wildman–Crippen LogP) is 3.48. The number of methoxy groups -OCH3 is 1. The fraction of sp³-hybridized carbons (Fsp3) is 0.222. The summed E-state index contributed by atoms with van der Waals surface area (Å²) >= 11 is 0. The van der Waals surface area contributed by atoms with Crippen molar-refractivity contribution in [2.24, 2.45) is 0 Å². The Balaban J connectivity index is 1.93. The van der Waals surface area contributed by atoms with Crippen LogP contribution in [0.5, 0.6) is 5.75 Å². The number of ether oxygens (including phenoxy) is 1. The van der Waals surface area contributed by atoms with E-state index in [0.717, 1.165) is 29.8 Å². The van der Waals surface area contributed by atoms with Gasteiger partial charge in [0, 0.05) is 11.3 Å². The Morgan fingerprint density at radius 2 is 1.91 bits per heavy atom. The van der Waals surface area contributed by atoms with E-state index < -0.39 is 0 Å². The van der Waals surface area contributed by atoms with E-state index in [2.05, 4.69) is 41.5 Å². The van der Waals surface area contributed by atoms with Crippen LogP contribution in [0.2, 0.25) is 0 Å². The van der Waals surface area contributed by atoms with Crippen LogP contribution in [-0.2, 0) is 6.42 Å². The minimum Gasteiger partial charge on any atom is -0.494 e. The van der Waals surface area contributed by atoms with Gasteiger partial charge < -0.3 is 10.5 Å². The van der Waals surface area contributed by atoms with Crippen molar-refractivity contribution in [1.82, 2.24) is 15.0 Å². The smallest absolute Gasteiger partial charge is 0.144 e. The molecule has 5 heteroatoms. The summed E-state index contributed by atoms with van der Waals surface area (Å²) in [4.78, 5) is 0. The normalized spacial score (nSPS) is 10.7. The van der Waals surface area contributed by atoms with Gasteiger partial charge >= 0.3 is 0 Å². The van der Waals surface area contributed by atoms with Crippen LogP contribution in [0.15, 0.2) is 48.7 Å². The first kappa shape index (κ1) is 15.1. The number of aromatic nitrogens is 3. The van der Waals surface area contributed by atoms with Gasteiger partial charge in [0.2, 0.25) is 0 Å². The Kier molecular flexibility index (Phi) is 4.28. The number of anilines is 1. The highest BCUT2D eigenvalue weighted by Gasteiger charge is 2.10. The summed E-state index contributed by atoms with van der Waals surface area (Å²) in [6.45, 7) is 2.18. The average molecular weight is 308 g/mol. The summed E-state index contributed by atoms with van der Waals surface area (Å²) in [7, 11) is 1.62. The van der Waals surface area contributed by atoms with Crippen LogP contribution < -0.4 is 10.5 Å². The zero-order chi connectivity index (χ0) is 16.2. The first-order chi connectivity index (χ1) is 11.2. The summed E-state index contributed by atoms with van der Waals surface area (Å²) < 4.78 is 7.05. The monoisotopic (exact) mass is 308 g/mol. The topological polar surface area (TPSA) is 66.0 Å². The van der Waals surface area contributed by atoms with Gasteiger partial charge in [-0.1, -0.05) is 42.8 Å². The molecule has 2 N–H and O–H groups in total. The van der Waals surface area contributed by atoms with Gasteiger partial charge in [-0.05, 0) is 30.2 Å². The average Bonchev–Trinajstić information content (AvgIpc) is 3.06. The molecule has 0 unspecified atom stereocenters. The molecule has 0 bridgehead atoms. The zero-order valence-corrected chi connectivity index (χ0v) is 13.4. The van der Waals surface area contributed by atoms with Crippen molar-refractivity contribution in [2.45, 2.75) is 19.8 Å². The van der Waals surface area contributed by atoms with Crippen molar-refractivity contribution >= 4 is 5.69 Å². The number of hydrogen-bond acceptors (Lipinski definition) is 4. The SMILES string of the molecule is CCCc1ccc(-c2cn(-c3cc(N)ccc3OC)nn2)cc1. The lowest BCUT2D eigenvalue weighted by Crippen LogP contribution is -2.00. The lowest BCUT2D eigenvalue weighted by molar-refractivity contribution is 0.411. The quantitative estimate of drug-likeness (QED) is 0.733. The highest BCUT2D eigenvalue weighted by atomic mass is 16.5. The minimum atomic E-state index is 0.654. The molecule has 0 radical (unpaired) electrons. The number of hydrogen-bond donors (Lipinski definition) is 1. The fourth-order valence-electron chi connectivity index (χ4n) is 2.53. The molecule has 118 valence electrons. The van der Waals surface area contributed by atoms with Gasteiger partial charge in [-0.2, -0.15) is 0 Å². The molecular formula is C18H20N4O. The third kappa shape index (κ3) is 3.18. The lowest BCUT2D eigenvalue weighted by atomic mass is 10.1. The largest absolute Gasteiger partial charge is 0.494 e. The lowest BCUT2D eigenvalue weighted by Gasteiger charge is -2.08. The standard InChI is InChI=1S/C18H20N4O/c1-3-4-13-5-7-14(8-6-13)16-12-22(21-20-16)17-11-15(19)9-10-18(17)23-2/h5-12H,3-4,19H2,1-2H3. The predicted molar refractivity (Wildman–Crippen MR) is 91.8 cm³/mol. The summed E-state index contributed by atoms with van der Waals surface area (Å²) in [5.74, 6) is 0.703. The number of nitrogens with zero attached hydrogens (tertiary/aromatic N) is 3. The molecule has 0 saturated carbocycles. The number of aryl methyl sites for hydroxylation is 1. The van der Waals surface area contributed by atoms with Crippen molar-refractivity contribution in [2.75, 3.05) is 12.8 Å². The van der Waals surface area contributed by atoms with Crippen LogP contribution in [-0.4, -0.2) is 22.1 Å². The van der Waals surface area contributed by atoms with E-state index in [0.29, 0.717) is 11.4 Å². The van der Waals surface area contributed by atoms with Crippen LogP contribution in [0.4, 0.5) is 5.69 Å². The van der Waals surface area contributed by atoms with Crippen molar-refractivity contribution in [3.63, 3.8) is 0 Å². The summed E-state index contributed by atoms with van der Waals surface area (Å²) in [5.41, 5.74) is 10.5. The van der Waals surface area contributed by atoms with E-state index in [1.54, 1.807) is 17.9 Å². The molecule has 0 aliphatic rings. The summed E-state index contributed by atoms with van der Waals surface area (Å²) in [6, 6.07) is 13.9. The first-order valence-electron chi connectivity index (χ1n) is 7.67. The molecule has 0 spiro atoms. The van der Waals surface area contributed by atoms with Gasteiger partial charge in [-0.3, -0.25) is 0 Å². The van der Waals surface area contributed by atoms with E-state index in [9.17, 15) is 0 Å². The van der Waals surface area contributed by atoms with Gasteiger partial charge in [0.1, 0.15) is 17.1 Å². The van der Waals surface area contributed by atoms with Crippen molar-refractivity contribution in [3.05, 3.63) is 54.2 Å². The molecule has 0 atom stereocenters. The molecule has 0 amide bonds. The molecule has 2 aromatic carbocycles. The van der Waals surface area contributed by atoms with Gasteiger partial charge in [0.25, 0.3) is 0 Å². The van der Waals surface area contributed by atoms with E-state index in [-0.39, 0.29) is 0 Å². The molecule has 3 rings (SSSR count). The van der Waals surface area contributed by atoms with E-state index in [1.165, 1.54) is 5.56 Å². The summed E-state index contributed by atoms with van der Waals surface area (Å²) in [5, 5.41) is 8.46. The van der Waals surface area contributed by atoms with Crippen LogP contribution in [0, 0.1) is 0 Å². The molecule has 3 aromatic rings. The Labute approximate surface area is 135 Å².